The van der Waals surface area contributed by atoms with E-state index in [2.05, 4.69) is 0 Å². The van der Waals surface area contributed by atoms with Gasteiger partial charge in [-0.2, -0.15) is 0 Å². The van der Waals surface area contributed by atoms with Gasteiger partial charge in [0.25, 0.3) is 0 Å². The molecule has 1 atom stereocenters. The van der Waals surface area contributed by atoms with Gasteiger partial charge < -0.3 is 5.11 Å². The van der Waals surface area contributed by atoms with Crippen molar-refractivity contribution >= 4 is 0 Å². The first-order chi connectivity index (χ1) is 2.77. The van der Waals surface area contributed by atoms with E-state index >= 15 is 0 Å². The normalized spacial score (nSPS) is 12.4. The second-order valence-corrected chi connectivity index (χ2v) is 1.60. The van der Waals surface area contributed by atoms with Crippen molar-refractivity contribution in [1.82, 2.24) is 0 Å². The molecule has 2 heteroatoms. The van der Waals surface area contributed by atoms with E-state index < -0.39 is 0 Å². The molecule has 0 bridgehead atoms. The SMILES string of the molecule is CCCC(C)[O-].[K+]. The summed E-state index contributed by atoms with van der Waals surface area (Å²) in [5.41, 5.74) is 0. The third kappa shape index (κ3) is 11.3. The first-order valence-corrected chi connectivity index (χ1v) is 2.43. The molecule has 0 N–H and O–H groups in total. The van der Waals surface area contributed by atoms with Crippen LogP contribution in [0, 0.1) is 0 Å². The summed E-state index contributed by atoms with van der Waals surface area (Å²) >= 11 is 0. The number of rotatable bonds is 2. The fourth-order valence-corrected chi connectivity index (χ4v) is 0.407. The Morgan fingerprint density at radius 2 is 2.00 bits per heavy atom. The Labute approximate surface area is 87.9 Å². The zero-order valence-corrected chi connectivity index (χ0v) is 8.52. The van der Waals surface area contributed by atoms with Crippen molar-refractivity contribution in [3.63, 3.8) is 0 Å². The van der Waals surface area contributed by atoms with Crippen molar-refractivity contribution < 1.29 is 56.5 Å². The molecule has 0 aromatic carbocycles. The zero-order chi connectivity index (χ0) is 4.99. The van der Waals surface area contributed by atoms with Gasteiger partial charge in [-0.3, -0.25) is 0 Å². The van der Waals surface area contributed by atoms with Crippen LogP contribution >= 0.6 is 0 Å². The van der Waals surface area contributed by atoms with Crippen LogP contribution in [0.4, 0.5) is 0 Å². The van der Waals surface area contributed by atoms with Crippen LogP contribution in [0.3, 0.4) is 0 Å². The molecule has 1 unspecified atom stereocenters. The maximum atomic E-state index is 10.1. The van der Waals surface area contributed by atoms with Gasteiger partial charge >= 0.3 is 51.4 Å². The van der Waals surface area contributed by atoms with E-state index in [0.717, 1.165) is 12.8 Å². The van der Waals surface area contributed by atoms with Gasteiger partial charge in [0.1, 0.15) is 0 Å². The molecular weight excluding hydrogens is 115 g/mol. The van der Waals surface area contributed by atoms with Crippen molar-refractivity contribution in [3.8, 4) is 0 Å². The van der Waals surface area contributed by atoms with Crippen molar-refractivity contribution in [1.29, 1.82) is 0 Å². The standard InChI is InChI=1S/C5H11O.K/c1-3-4-5(2)6;/h5H,3-4H2,1-2H3;/q-1;+1. The molecule has 0 saturated carbocycles. The average Bonchev–Trinajstić information content (AvgIpc) is 1.35. The molecule has 0 amide bonds. The first-order valence-electron chi connectivity index (χ1n) is 2.43. The summed E-state index contributed by atoms with van der Waals surface area (Å²) in [6.07, 6.45) is 1.49. The van der Waals surface area contributed by atoms with Crippen molar-refractivity contribution in [2.75, 3.05) is 0 Å². The Bertz CT molecular complexity index is 29.3. The van der Waals surface area contributed by atoms with Crippen molar-refractivity contribution in [3.05, 3.63) is 0 Å². The summed E-state index contributed by atoms with van der Waals surface area (Å²) in [6, 6.07) is 0. The van der Waals surface area contributed by atoms with Gasteiger partial charge in [-0.25, -0.2) is 0 Å². The predicted molar refractivity (Wildman–Crippen MR) is 24.4 cm³/mol. The topological polar surface area (TPSA) is 23.1 Å². The Morgan fingerprint density at radius 3 is 2.00 bits per heavy atom. The molecule has 0 rings (SSSR count). The van der Waals surface area contributed by atoms with Crippen molar-refractivity contribution in [2.24, 2.45) is 0 Å². The molecule has 0 spiro atoms. The maximum absolute atomic E-state index is 10.1. The minimum atomic E-state index is -0.352. The van der Waals surface area contributed by atoms with Crippen LogP contribution in [-0.2, 0) is 0 Å². The summed E-state index contributed by atoms with van der Waals surface area (Å²) in [4.78, 5) is 0. The molecule has 0 aromatic rings. The Balaban J connectivity index is 0. The molecule has 0 saturated heterocycles. The van der Waals surface area contributed by atoms with Gasteiger partial charge in [0.15, 0.2) is 0 Å². The molecule has 0 heterocycles. The minimum absolute atomic E-state index is 0. The molecule has 0 aliphatic heterocycles. The summed E-state index contributed by atoms with van der Waals surface area (Å²) in [5, 5.41) is 10.1. The van der Waals surface area contributed by atoms with Crippen LogP contribution in [-0.4, -0.2) is 6.10 Å². The van der Waals surface area contributed by atoms with E-state index in [9.17, 15) is 5.11 Å². The minimum Gasteiger partial charge on any atom is -0.852 e. The summed E-state index contributed by atoms with van der Waals surface area (Å²) in [7, 11) is 0. The van der Waals surface area contributed by atoms with Gasteiger partial charge in [-0.05, 0) is 0 Å². The summed E-state index contributed by atoms with van der Waals surface area (Å²) < 4.78 is 0. The maximum Gasteiger partial charge on any atom is 1.00 e. The Kier molecular flexibility index (Phi) is 12.4. The van der Waals surface area contributed by atoms with Crippen LogP contribution < -0.4 is 56.5 Å². The van der Waals surface area contributed by atoms with Gasteiger partial charge in [-0.1, -0.05) is 26.7 Å². The quantitative estimate of drug-likeness (QED) is 0.376. The smallest absolute Gasteiger partial charge is 0.852 e. The Morgan fingerprint density at radius 1 is 1.57 bits per heavy atom. The van der Waals surface area contributed by atoms with Crippen LogP contribution in [0.25, 0.3) is 0 Å². The third-order valence-electron chi connectivity index (χ3n) is 0.695. The molecule has 7 heavy (non-hydrogen) atoms. The fraction of sp³-hybridized carbons (Fsp3) is 1.00. The second-order valence-electron chi connectivity index (χ2n) is 1.60. The zero-order valence-electron chi connectivity index (χ0n) is 5.40. The molecule has 1 nitrogen and oxygen atoms in total. The van der Waals surface area contributed by atoms with Crippen LogP contribution in [0.2, 0.25) is 0 Å². The average molecular weight is 126 g/mol. The van der Waals surface area contributed by atoms with Crippen LogP contribution in [0.5, 0.6) is 0 Å². The molecule has 0 fully saturated rings. The molecule has 0 radical (unpaired) electrons. The van der Waals surface area contributed by atoms with Gasteiger partial charge in [0.2, 0.25) is 0 Å². The van der Waals surface area contributed by atoms with Gasteiger partial charge in [0.05, 0.1) is 0 Å². The van der Waals surface area contributed by atoms with E-state index in [0.29, 0.717) is 0 Å². The van der Waals surface area contributed by atoms with E-state index in [-0.39, 0.29) is 57.5 Å². The van der Waals surface area contributed by atoms with E-state index in [1.54, 1.807) is 6.92 Å². The van der Waals surface area contributed by atoms with Crippen LogP contribution in [0.1, 0.15) is 26.7 Å². The van der Waals surface area contributed by atoms with Crippen LogP contribution in [0.15, 0.2) is 0 Å². The fourth-order valence-electron chi connectivity index (χ4n) is 0.407. The van der Waals surface area contributed by atoms with Gasteiger partial charge in [-0.15, -0.1) is 6.10 Å². The van der Waals surface area contributed by atoms with Gasteiger partial charge in [0, 0.05) is 0 Å². The summed E-state index contributed by atoms with van der Waals surface area (Å²) in [6.45, 7) is 3.72. The molecule has 38 valence electrons. The van der Waals surface area contributed by atoms with E-state index in [1.807, 2.05) is 6.92 Å². The third-order valence-corrected chi connectivity index (χ3v) is 0.695. The first kappa shape index (κ1) is 11.4. The Hall–Kier alpha value is 1.60. The molecule has 0 aliphatic carbocycles. The largest absolute Gasteiger partial charge is 1.00 e. The number of hydrogen-bond acceptors (Lipinski definition) is 1. The predicted octanol–water partition coefficient (Wildman–Crippen LogP) is -2.46. The summed E-state index contributed by atoms with van der Waals surface area (Å²) in [5.74, 6) is 0. The molecular formula is C5H11KO. The number of hydrogen-bond donors (Lipinski definition) is 0. The molecule has 0 aromatic heterocycles. The van der Waals surface area contributed by atoms with Crippen molar-refractivity contribution in [2.45, 2.75) is 32.8 Å². The molecule has 0 aliphatic rings. The monoisotopic (exact) mass is 126 g/mol. The van der Waals surface area contributed by atoms with E-state index in [4.69, 9.17) is 0 Å². The van der Waals surface area contributed by atoms with E-state index in [1.165, 1.54) is 0 Å². The second kappa shape index (κ2) is 7.60.